The van der Waals surface area contributed by atoms with Gasteiger partial charge in [-0.1, -0.05) is 20.8 Å². The summed E-state index contributed by atoms with van der Waals surface area (Å²) in [6.45, 7) is 9.07. The summed E-state index contributed by atoms with van der Waals surface area (Å²) in [5, 5.41) is 3.37. The molecule has 2 atom stereocenters. The summed E-state index contributed by atoms with van der Waals surface area (Å²) in [5.74, 6) is 1.02. The molecule has 3 nitrogen and oxygen atoms in total. The number of nitrogens with zero attached hydrogens (tertiary/aromatic N) is 1. The zero-order valence-corrected chi connectivity index (χ0v) is 9.34. The van der Waals surface area contributed by atoms with E-state index in [0.29, 0.717) is 17.9 Å². The maximum Gasteiger partial charge on any atom is 0.228 e. The highest BCUT2D eigenvalue weighted by Crippen LogP contribution is 2.30. The van der Waals surface area contributed by atoms with Crippen molar-refractivity contribution in [3.63, 3.8) is 0 Å². The Morgan fingerprint density at radius 2 is 2.07 bits per heavy atom. The smallest absolute Gasteiger partial charge is 0.228 e. The Hall–Kier alpha value is -0.570. The molecule has 2 heterocycles. The molecule has 0 aromatic rings. The topological polar surface area (TPSA) is 32.3 Å². The van der Waals surface area contributed by atoms with Crippen LogP contribution in [0.4, 0.5) is 0 Å². The van der Waals surface area contributed by atoms with Crippen LogP contribution in [-0.2, 0) is 4.79 Å². The average Bonchev–Trinajstić information content (AvgIpc) is 2.59. The minimum atomic E-state index is -0.225. The van der Waals surface area contributed by atoms with Crippen LogP contribution in [0.2, 0.25) is 0 Å². The Morgan fingerprint density at radius 1 is 1.36 bits per heavy atom. The van der Waals surface area contributed by atoms with Gasteiger partial charge in [-0.2, -0.15) is 0 Å². The minimum absolute atomic E-state index is 0.225. The van der Waals surface area contributed by atoms with E-state index in [1.807, 2.05) is 20.8 Å². The zero-order chi connectivity index (χ0) is 10.3. The lowest BCUT2D eigenvalue weighted by atomic mass is 9.94. The van der Waals surface area contributed by atoms with Crippen LogP contribution < -0.4 is 5.32 Å². The number of nitrogens with one attached hydrogen (secondary N) is 1. The maximum atomic E-state index is 12.1. The highest BCUT2D eigenvalue weighted by atomic mass is 16.2. The second-order valence-electron chi connectivity index (χ2n) is 5.52. The molecule has 0 saturated carbocycles. The fourth-order valence-electron chi connectivity index (χ4n) is 2.53. The summed E-state index contributed by atoms with van der Waals surface area (Å²) >= 11 is 0. The van der Waals surface area contributed by atoms with Crippen molar-refractivity contribution in [3.05, 3.63) is 0 Å². The molecule has 1 N–H and O–H groups in total. The third kappa shape index (κ3) is 1.54. The average molecular weight is 196 g/mol. The van der Waals surface area contributed by atoms with E-state index in [1.165, 1.54) is 6.42 Å². The van der Waals surface area contributed by atoms with Gasteiger partial charge in [0, 0.05) is 31.1 Å². The number of rotatable bonds is 0. The Bertz CT molecular complexity index is 244. The van der Waals surface area contributed by atoms with E-state index >= 15 is 0 Å². The van der Waals surface area contributed by atoms with Crippen molar-refractivity contribution in [2.45, 2.75) is 33.2 Å². The fourth-order valence-corrected chi connectivity index (χ4v) is 2.53. The van der Waals surface area contributed by atoms with Crippen LogP contribution in [0.25, 0.3) is 0 Å². The molecule has 0 aromatic carbocycles. The van der Waals surface area contributed by atoms with E-state index in [1.54, 1.807) is 0 Å². The van der Waals surface area contributed by atoms with Gasteiger partial charge in [-0.15, -0.1) is 0 Å². The molecule has 0 spiro atoms. The quantitative estimate of drug-likeness (QED) is 0.623. The number of hydrogen-bond acceptors (Lipinski definition) is 2. The van der Waals surface area contributed by atoms with Gasteiger partial charge in [0.15, 0.2) is 0 Å². The molecule has 3 heteroatoms. The van der Waals surface area contributed by atoms with Crippen molar-refractivity contribution in [3.8, 4) is 0 Å². The lowest BCUT2D eigenvalue weighted by Crippen LogP contribution is -2.44. The van der Waals surface area contributed by atoms with Crippen molar-refractivity contribution >= 4 is 5.91 Å². The monoisotopic (exact) mass is 196 g/mol. The second kappa shape index (κ2) is 3.23. The summed E-state index contributed by atoms with van der Waals surface area (Å²) in [5.41, 5.74) is -0.225. The van der Waals surface area contributed by atoms with Crippen molar-refractivity contribution < 1.29 is 4.79 Å². The Labute approximate surface area is 85.8 Å². The minimum Gasteiger partial charge on any atom is -0.338 e. The van der Waals surface area contributed by atoms with Crippen LogP contribution in [0.15, 0.2) is 0 Å². The molecule has 2 aliphatic heterocycles. The third-order valence-electron chi connectivity index (χ3n) is 3.35. The van der Waals surface area contributed by atoms with Crippen molar-refractivity contribution in [1.82, 2.24) is 10.2 Å². The molecule has 2 aliphatic rings. The van der Waals surface area contributed by atoms with Crippen LogP contribution >= 0.6 is 0 Å². The third-order valence-corrected chi connectivity index (χ3v) is 3.35. The molecular formula is C11H20N2O. The highest BCUT2D eigenvalue weighted by Gasteiger charge is 2.42. The van der Waals surface area contributed by atoms with Crippen LogP contribution in [0, 0.1) is 11.3 Å². The van der Waals surface area contributed by atoms with E-state index in [9.17, 15) is 4.79 Å². The van der Waals surface area contributed by atoms with Gasteiger partial charge in [0.05, 0.1) is 0 Å². The molecule has 2 rings (SSSR count). The zero-order valence-electron chi connectivity index (χ0n) is 9.34. The van der Waals surface area contributed by atoms with E-state index in [0.717, 1.165) is 19.6 Å². The van der Waals surface area contributed by atoms with Crippen LogP contribution in [-0.4, -0.2) is 36.5 Å². The van der Waals surface area contributed by atoms with Gasteiger partial charge in [-0.3, -0.25) is 4.79 Å². The summed E-state index contributed by atoms with van der Waals surface area (Å²) in [7, 11) is 0. The molecule has 0 radical (unpaired) electrons. The highest BCUT2D eigenvalue weighted by molar-refractivity contribution is 5.82. The predicted octanol–water partition coefficient (Wildman–Crippen LogP) is 0.853. The Balaban J connectivity index is 2.09. The first kappa shape index (κ1) is 9.97. The standard InChI is InChI=1S/C11H20N2O/c1-11(2,3)10(14)13-5-4-8-6-12-7-9(8)13/h8-9,12H,4-7H2,1-3H3/t8-,9+/m1/s1. The molecule has 2 saturated heterocycles. The first-order valence-electron chi connectivity index (χ1n) is 5.52. The molecule has 0 aromatic heterocycles. The van der Waals surface area contributed by atoms with Crippen molar-refractivity contribution in [2.24, 2.45) is 11.3 Å². The normalized spacial score (nSPS) is 32.1. The Morgan fingerprint density at radius 3 is 2.71 bits per heavy atom. The lowest BCUT2D eigenvalue weighted by Gasteiger charge is -2.30. The van der Waals surface area contributed by atoms with Gasteiger partial charge in [0.25, 0.3) is 0 Å². The molecule has 14 heavy (non-hydrogen) atoms. The maximum absolute atomic E-state index is 12.1. The lowest BCUT2D eigenvalue weighted by molar-refractivity contribution is -0.140. The van der Waals surface area contributed by atoms with Gasteiger partial charge < -0.3 is 10.2 Å². The fraction of sp³-hybridized carbons (Fsp3) is 0.909. The van der Waals surface area contributed by atoms with E-state index in [2.05, 4.69) is 10.2 Å². The summed E-state index contributed by atoms with van der Waals surface area (Å²) < 4.78 is 0. The Kier molecular flexibility index (Phi) is 2.30. The molecule has 80 valence electrons. The van der Waals surface area contributed by atoms with E-state index in [-0.39, 0.29) is 5.41 Å². The van der Waals surface area contributed by atoms with Crippen LogP contribution in [0.5, 0.6) is 0 Å². The van der Waals surface area contributed by atoms with Gasteiger partial charge in [-0.25, -0.2) is 0 Å². The first-order valence-corrected chi connectivity index (χ1v) is 5.52. The molecule has 0 unspecified atom stereocenters. The van der Waals surface area contributed by atoms with Crippen LogP contribution in [0.1, 0.15) is 27.2 Å². The summed E-state index contributed by atoms with van der Waals surface area (Å²) in [6, 6.07) is 0.474. The van der Waals surface area contributed by atoms with Gasteiger partial charge >= 0.3 is 0 Å². The number of carbonyl (C=O) groups excluding carboxylic acids is 1. The van der Waals surface area contributed by atoms with Gasteiger partial charge in [-0.05, 0) is 12.3 Å². The second-order valence-corrected chi connectivity index (χ2v) is 5.52. The number of amides is 1. The number of likely N-dealkylation sites (tertiary alicyclic amines) is 1. The molecular weight excluding hydrogens is 176 g/mol. The molecule has 0 aliphatic carbocycles. The van der Waals surface area contributed by atoms with Crippen LogP contribution in [0.3, 0.4) is 0 Å². The van der Waals surface area contributed by atoms with E-state index < -0.39 is 0 Å². The van der Waals surface area contributed by atoms with Gasteiger partial charge in [0.1, 0.15) is 0 Å². The molecule has 2 fully saturated rings. The summed E-state index contributed by atoms with van der Waals surface area (Å²) in [4.78, 5) is 14.2. The van der Waals surface area contributed by atoms with Crippen molar-refractivity contribution in [2.75, 3.05) is 19.6 Å². The first-order chi connectivity index (χ1) is 6.50. The van der Waals surface area contributed by atoms with Crippen molar-refractivity contribution in [1.29, 1.82) is 0 Å². The largest absolute Gasteiger partial charge is 0.338 e. The number of hydrogen-bond donors (Lipinski definition) is 1. The number of carbonyl (C=O) groups is 1. The van der Waals surface area contributed by atoms with E-state index in [4.69, 9.17) is 0 Å². The van der Waals surface area contributed by atoms with Gasteiger partial charge in [0.2, 0.25) is 5.91 Å². The summed E-state index contributed by atoms with van der Waals surface area (Å²) in [6.07, 6.45) is 1.18. The SMILES string of the molecule is CC(C)(C)C(=O)N1CC[C@@H]2CNC[C@@H]21. The molecule has 1 amide bonds. The number of fused-ring (bicyclic) bond motifs is 1. The molecule has 0 bridgehead atoms. The predicted molar refractivity (Wildman–Crippen MR) is 55.9 cm³/mol.